The Morgan fingerprint density at radius 3 is 2.90 bits per heavy atom. The number of nitrogens with one attached hydrogen (secondary N) is 1. The number of carbonyl (C=O) groups is 2. The monoisotopic (exact) mass is 458 g/mol. The molecule has 1 atom stereocenters. The highest BCUT2D eigenvalue weighted by Crippen LogP contribution is 2.31. The van der Waals surface area contributed by atoms with Crippen LogP contribution in [-0.2, 0) is 0 Å². The predicted molar refractivity (Wildman–Crippen MR) is 114 cm³/mol. The molecule has 1 N–H and O–H groups in total. The summed E-state index contributed by atoms with van der Waals surface area (Å²) in [6.07, 6.45) is 4.05. The maximum absolute atomic E-state index is 13.2. The van der Waals surface area contributed by atoms with E-state index in [0.29, 0.717) is 39.4 Å². The molecule has 0 radical (unpaired) electrons. The van der Waals surface area contributed by atoms with Gasteiger partial charge in [-0.3, -0.25) is 9.59 Å². The topological polar surface area (TPSA) is 67.9 Å². The maximum atomic E-state index is 13.2. The SMILES string of the molecule is COc1ccc(Br)c(C(=O)Nc2ccc3c(c2)C(=O)N2CCCC[C@H]2CCO3)c1. The number of benzene rings is 2. The Morgan fingerprint density at radius 1 is 1.21 bits per heavy atom. The Kier molecular flexibility index (Phi) is 5.76. The highest BCUT2D eigenvalue weighted by atomic mass is 79.9. The molecule has 2 heterocycles. The first kappa shape index (κ1) is 19.8. The zero-order chi connectivity index (χ0) is 20.4. The van der Waals surface area contributed by atoms with Crippen LogP contribution < -0.4 is 14.8 Å². The minimum atomic E-state index is -0.286. The average Bonchev–Trinajstić information content (AvgIpc) is 2.73. The van der Waals surface area contributed by atoms with Crippen molar-refractivity contribution < 1.29 is 19.1 Å². The minimum Gasteiger partial charge on any atom is -0.497 e. The number of rotatable bonds is 3. The fraction of sp³-hybridized carbons (Fsp3) is 0.364. The molecule has 1 fully saturated rings. The van der Waals surface area contributed by atoms with Gasteiger partial charge in [0.05, 0.1) is 24.8 Å². The molecule has 0 aliphatic carbocycles. The van der Waals surface area contributed by atoms with Crippen LogP contribution in [0.5, 0.6) is 11.5 Å². The van der Waals surface area contributed by atoms with Gasteiger partial charge < -0.3 is 19.7 Å². The molecular formula is C22H23BrN2O4. The first-order chi connectivity index (χ1) is 14.1. The van der Waals surface area contributed by atoms with E-state index in [9.17, 15) is 9.59 Å². The van der Waals surface area contributed by atoms with Crippen molar-refractivity contribution >= 4 is 33.4 Å². The molecule has 7 heteroatoms. The predicted octanol–water partition coefficient (Wildman–Crippen LogP) is 4.49. The summed E-state index contributed by atoms with van der Waals surface area (Å²) in [7, 11) is 1.55. The van der Waals surface area contributed by atoms with Crippen LogP contribution in [-0.4, -0.2) is 43.0 Å². The van der Waals surface area contributed by atoms with Gasteiger partial charge >= 0.3 is 0 Å². The summed E-state index contributed by atoms with van der Waals surface area (Å²) in [5, 5.41) is 2.88. The van der Waals surface area contributed by atoms with Crippen molar-refractivity contribution in [3.05, 3.63) is 52.0 Å². The summed E-state index contributed by atoms with van der Waals surface area (Å²) in [4.78, 5) is 27.9. The number of anilines is 1. The molecule has 152 valence electrons. The van der Waals surface area contributed by atoms with E-state index >= 15 is 0 Å². The van der Waals surface area contributed by atoms with Crippen molar-refractivity contribution in [1.82, 2.24) is 4.90 Å². The number of halogens is 1. The van der Waals surface area contributed by atoms with E-state index in [-0.39, 0.29) is 17.9 Å². The molecule has 0 aromatic heterocycles. The first-order valence-electron chi connectivity index (χ1n) is 9.79. The molecule has 0 saturated carbocycles. The summed E-state index contributed by atoms with van der Waals surface area (Å²) < 4.78 is 11.7. The van der Waals surface area contributed by atoms with Crippen LogP contribution in [0, 0.1) is 0 Å². The van der Waals surface area contributed by atoms with Crippen molar-refractivity contribution in [2.45, 2.75) is 31.7 Å². The fourth-order valence-electron chi connectivity index (χ4n) is 3.93. The minimum absolute atomic E-state index is 0.0249. The lowest BCUT2D eigenvalue weighted by molar-refractivity contribution is 0.0548. The highest BCUT2D eigenvalue weighted by Gasteiger charge is 2.31. The number of ether oxygens (including phenoxy) is 2. The molecule has 1 saturated heterocycles. The molecule has 2 aliphatic rings. The number of amides is 2. The van der Waals surface area contributed by atoms with E-state index in [1.165, 1.54) is 0 Å². The number of methoxy groups -OCH3 is 1. The maximum Gasteiger partial charge on any atom is 0.257 e. The summed E-state index contributed by atoms with van der Waals surface area (Å²) >= 11 is 3.40. The van der Waals surface area contributed by atoms with Crippen molar-refractivity contribution in [3.63, 3.8) is 0 Å². The summed E-state index contributed by atoms with van der Waals surface area (Å²) in [5.41, 5.74) is 1.50. The number of piperidine rings is 1. The smallest absolute Gasteiger partial charge is 0.257 e. The molecule has 4 rings (SSSR count). The van der Waals surface area contributed by atoms with Gasteiger partial charge in [0.25, 0.3) is 11.8 Å². The molecule has 2 amide bonds. The van der Waals surface area contributed by atoms with Crippen molar-refractivity contribution in [1.29, 1.82) is 0 Å². The Labute approximate surface area is 178 Å². The molecular weight excluding hydrogens is 436 g/mol. The lowest BCUT2D eigenvalue weighted by atomic mass is 9.97. The molecule has 2 aromatic rings. The van der Waals surface area contributed by atoms with Gasteiger partial charge in [0.15, 0.2) is 0 Å². The summed E-state index contributed by atoms with van der Waals surface area (Å²) in [6, 6.07) is 10.7. The number of hydrogen-bond donors (Lipinski definition) is 1. The lowest BCUT2D eigenvalue weighted by Gasteiger charge is -2.37. The Bertz CT molecular complexity index is 946. The van der Waals surface area contributed by atoms with E-state index in [0.717, 1.165) is 32.2 Å². The number of fused-ring (bicyclic) bond motifs is 2. The van der Waals surface area contributed by atoms with Gasteiger partial charge in [-0.2, -0.15) is 0 Å². The van der Waals surface area contributed by atoms with Crippen LogP contribution in [0.15, 0.2) is 40.9 Å². The van der Waals surface area contributed by atoms with E-state index in [1.54, 1.807) is 43.5 Å². The van der Waals surface area contributed by atoms with Crippen LogP contribution in [0.3, 0.4) is 0 Å². The highest BCUT2D eigenvalue weighted by molar-refractivity contribution is 9.10. The number of carbonyl (C=O) groups excluding carboxylic acids is 2. The van der Waals surface area contributed by atoms with Gasteiger partial charge in [-0.15, -0.1) is 0 Å². The molecule has 0 spiro atoms. The summed E-state index contributed by atoms with van der Waals surface area (Å²) in [5.74, 6) is 0.852. The third-order valence-electron chi connectivity index (χ3n) is 5.48. The fourth-order valence-corrected chi connectivity index (χ4v) is 4.36. The van der Waals surface area contributed by atoms with Crippen LogP contribution >= 0.6 is 15.9 Å². The van der Waals surface area contributed by atoms with Gasteiger partial charge in [-0.25, -0.2) is 0 Å². The molecule has 6 nitrogen and oxygen atoms in total. The third kappa shape index (κ3) is 4.10. The van der Waals surface area contributed by atoms with Crippen molar-refractivity contribution in [3.8, 4) is 11.5 Å². The lowest BCUT2D eigenvalue weighted by Crippen LogP contribution is -2.45. The normalized spacial score (nSPS) is 18.6. The standard InChI is InChI=1S/C22H23BrN2O4/c1-28-16-6-7-19(23)17(13-16)21(26)24-14-5-8-20-18(12-14)22(27)25-10-3-2-4-15(25)9-11-29-20/h5-8,12-13,15H,2-4,9-11H2,1H3,(H,24,26)/t15-/m0/s1. The average molecular weight is 459 g/mol. The molecule has 0 unspecified atom stereocenters. The molecule has 29 heavy (non-hydrogen) atoms. The summed E-state index contributed by atoms with van der Waals surface area (Å²) in [6.45, 7) is 1.36. The molecule has 2 aromatic carbocycles. The van der Waals surface area contributed by atoms with Crippen LogP contribution in [0.2, 0.25) is 0 Å². The van der Waals surface area contributed by atoms with Crippen LogP contribution in [0.1, 0.15) is 46.4 Å². The second-order valence-electron chi connectivity index (χ2n) is 7.30. The second kappa shape index (κ2) is 8.45. The zero-order valence-electron chi connectivity index (χ0n) is 16.2. The molecule has 2 aliphatic heterocycles. The van der Waals surface area contributed by atoms with E-state index in [2.05, 4.69) is 21.2 Å². The van der Waals surface area contributed by atoms with Gasteiger partial charge in [-0.05, 0) is 71.6 Å². The van der Waals surface area contributed by atoms with E-state index in [4.69, 9.17) is 9.47 Å². The van der Waals surface area contributed by atoms with Crippen molar-refractivity contribution in [2.75, 3.05) is 25.6 Å². The Balaban J connectivity index is 1.60. The van der Waals surface area contributed by atoms with E-state index < -0.39 is 0 Å². The third-order valence-corrected chi connectivity index (χ3v) is 6.17. The second-order valence-corrected chi connectivity index (χ2v) is 8.15. The molecule has 0 bridgehead atoms. The first-order valence-corrected chi connectivity index (χ1v) is 10.6. The van der Waals surface area contributed by atoms with Gasteiger partial charge in [-0.1, -0.05) is 0 Å². The zero-order valence-corrected chi connectivity index (χ0v) is 17.8. The van der Waals surface area contributed by atoms with Gasteiger partial charge in [0, 0.05) is 29.2 Å². The Hall–Kier alpha value is -2.54. The van der Waals surface area contributed by atoms with Crippen LogP contribution in [0.25, 0.3) is 0 Å². The largest absolute Gasteiger partial charge is 0.497 e. The quantitative estimate of drug-likeness (QED) is 0.735. The number of hydrogen-bond acceptors (Lipinski definition) is 4. The van der Waals surface area contributed by atoms with Crippen LogP contribution in [0.4, 0.5) is 5.69 Å². The number of nitrogens with zero attached hydrogens (tertiary/aromatic N) is 1. The van der Waals surface area contributed by atoms with E-state index in [1.807, 2.05) is 4.90 Å². The van der Waals surface area contributed by atoms with Gasteiger partial charge in [0.1, 0.15) is 11.5 Å². The van der Waals surface area contributed by atoms with Gasteiger partial charge in [0.2, 0.25) is 0 Å². The Morgan fingerprint density at radius 2 is 2.07 bits per heavy atom. The van der Waals surface area contributed by atoms with Crippen molar-refractivity contribution in [2.24, 2.45) is 0 Å².